The third-order valence-electron chi connectivity index (χ3n) is 3.27. The quantitative estimate of drug-likeness (QED) is 0.790. The van der Waals surface area contributed by atoms with Gasteiger partial charge in [-0.05, 0) is 30.7 Å². The van der Waals surface area contributed by atoms with Gasteiger partial charge in [-0.1, -0.05) is 18.5 Å². The van der Waals surface area contributed by atoms with Gasteiger partial charge in [-0.2, -0.15) is 0 Å². The van der Waals surface area contributed by atoms with Crippen LogP contribution in [0.25, 0.3) is 0 Å². The van der Waals surface area contributed by atoms with Crippen LogP contribution in [-0.4, -0.2) is 30.1 Å². The highest BCUT2D eigenvalue weighted by atomic mass is 35.5. The summed E-state index contributed by atoms with van der Waals surface area (Å²) in [7, 11) is 0. The van der Waals surface area contributed by atoms with Crippen molar-refractivity contribution in [3.63, 3.8) is 0 Å². The molecule has 2 rings (SSSR count). The summed E-state index contributed by atoms with van der Waals surface area (Å²) < 4.78 is 0. The SMILES string of the molecule is C[C@@H]1CNC[C@H]1C(=O)Nc1cc(Cl)cc(C(=O)O)c1. The molecule has 5 nitrogen and oxygen atoms in total. The summed E-state index contributed by atoms with van der Waals surface area (Å²) in [6.07, 6.45) is 0. The number of benzene rings is 1. The Hall–Kier alpha value is -1.59. The van der Waals surface area contributed by atoms with Gasteiger partial charge in [0.25, 0.3) is 0 Å². The van der Waals surface area contributed by atoms with Crippen molar-refractivity contribution in [2.75, 3.05) is 18.4 Å². The maximum Gasteiger partial charge on any atom is 0.335 e. The number of anilines is 1. The Morgan fingerprint density at radius 3 is 2.68 bits per heavy atom. The Bertz CT molecular complexity index is 519. The van der Waals surface area contributed by atoms with Crippen molar-refractivity contribution in [1.29, 1.82) is 0 Å². The fourth-order valence-corrected chi connectivity index (χ4v) is 2.42. The molecule has 3 N–H and O–H groups in total. The third kappa shape index (κ3) is 3.24. The van der Waals surface area contributed by atoms with Gasteiger partial charge < -0.3 is 15.7 Å². The smallest absolute Gasteiger partial charge is 0.335 e. The summed E-state index contributed by atoms with van der Waals surface area (Å²) in [5.41, 5.74) is 0.467. The standard InChI is InChI=1S/C13H15ClN2O3/c1-7-5-15-6-11(7)12(17)16-10-3-8(13(18)19)2-9(14)4-10/h2-4,7,11,15H,5-6H2,1H3,(H,16,17)(H,18,19)/t7-,11-/m1/s1. The van der Waals surface area contributed by atoms with E-state index in [1.165, 1.54) is 12.1 Å². The van der Waals surface area contributed by atoms with Gasteiger partial charge >= 0.3 is 5.97 Å². The zero-order chi connectivity index (χ0) is 14.0. The van der Waals surface area contributed by atoms with E-state index in [-0.39, 0.29) is 28.3 Å². The van der Waals surface area contributed by atoms with Crippen LogP contribution in [0.1, 0.15) is 17.3 Å². The minimum atomic E-state index is -1.08. The molecule has 1 aliphatic rings. The van der Waals surface area contributed by atoms with Crippen LogP contribution in [-0.2, 0) is 4.79 Å². The van der Waals surface area contributed by atoms with Gasteiger partial charge in [0, 0.05) is 17.3 Å². The number of halogens is 1. The van der Waals surface area contributed by atoms with Crippen LogP contribution in [0.5, 0.6) is 0 Å². The summed E-state index contributed by atoms with van der Waals surface area (Å²) in [5, 5.41) is 15.1. The van der Waals surface area contributed by atoms with E-state index in [1.54, 1.807) is 6.07 Å². The lowest BCUT2D eigenvalue weighted by Gasteiger charge is -2.14. The number of carbonyl (C=O) groups excluding carboxylic acids is 1. The number of nitrogens with one attached hydrogen (secondary N) is 2. The molecule has 1 fully saturated rings. The second-order valence-corrected chi connectivity index (χ2v) is 5.20. The highest BCUT2D eigenvalue weighted by Crippen LogP contribution is 2.22. The largest absolute Gasteiger partial charge is 0.478 e. The van der Waals surface area contributed by atoms with E-state index in [2.05, 4.69) is 10.6 Å². The predicted molar refractivity (Wildman–Crippen MR) is 72.6 cm³/mol. The third-order valence-corrected chi connectivity index (χ3v) is 3.48. The van der Waals surface area contributed by atoms with Gasteiger partial charge in [0.2, 0.25) is 5.91 Å². The van der Waals surface area contributed by atoms with Gasteiger partial charge in [0.1, 0.15) is 0 Å². The van der Waals surface area contributed by atoms with E-state index in [9.17, 15) is 9.59 Å². The molecule has 1 aliphatic heterocycles. The molecule has 1 heterocycles. The molecule has 0 aromatic heterocycles. The Kier molecular flexibility index (Phi) is 4.07. The first-order valence-electron chi connectivity index (χ1n) is 6.03. The van der Waals surface area contributed by atoms with E-state index in [4.69, 9.17) is 16.7 Å². The molecular formula is C13H15ClN2O3. The molecule has 1 saturated heterocycles. The van der Waals surface area contributed by atoms with Crippen LogP contribution in [0.3, 0.4) is 0 Å². The van der Waals surface area contributed by atoms with Gasteiger partial charge in [-0.3, -0.25) is 4.79 Å². The average molecular weight is 283 g/mol. The van der Waals surface area contributed by atoms with Crippen LogP contribution in [0.2, 0.25) is 5.02 Å². The number of amides is 1. The number of carboxylic acids is 1. The van der Waals surface area contributed by atoms with Crippen molar-refractivity contribution >= 4 is 29.2 Å². The molecular weight excluding hydrogens is 268 g/mol. The minimum Gasteiger partial charge on any atom is -0.478 e. The minimum absolute atomic E-state index is 0.0559. The Morgan fingerprint density at radius 1 is 1.37 bits per heavy atom. The van der Waals surface area contributed by atoms with Crippen LogP contribution < -0.4 is 10.6 Å². The fourth-order valence-electron chi connectivity index (χ4n) is 2.18. The molecule has 0 unspecified atom stereocenters. The molecule has 6 heteroatoms. The maximum atomic E-state index is 12.1. The molecule has 0 spiro atoms. The lowest BCUT2D eigenvalue weighted by molar-refractivity contribution is -0.120. The molecule has 0 aliphatic carbocycles. The number of hydrogen-bond donors (Lipinski definition) is 3. The van der Waals surface area contributed by atoms with E-state index in [0.717, 1.165) is 6.54 Å². The van der Waals surface area contributed by atoms with Gasteiger partial charge in [-0.25, -0.2) is 4.79 Å². The first-order valence-corrected chi connectivity index (χ1v) is 6.40. The van der Waals surface area contributed by atoms with Crippen LogP contribution >= 0.6 is 11.6 Å². The first-order chi connectivity index (χ1) is 8.97. The number of carbonyl (C=O) groups is 2. The zero-order valence-corrected chi connectivity index (χ0v) is 11.2. The molecule has 0 radical (unpaired) electrons. The molecule has 2 atom stereocenters. The molecule has 0 saturated carbocycles. The summed E-state index contributed by atoms with van der Waals surface area (Å²) in [6, 6.07) is 4.29. The van der Waals surface area contributed by atoms with E-state index in [1.807, 2.05) is 6.92 Å². The van der Waals surface area contributed by atoms with Gasteiger partial charge in [-0.15, -0.1) is 0 Å². The van der Waals surface area contributed by atoms with Crippen molar-refractivity contribution in [2.24, 2.45) is 11.8 Å². The van der Waals surface area contributed by atoms with Crippen molar-refractivity contribution in [2.45, 2.75) is 6.92 Å². The zero-order valence-electron chi connectivity index (χ0n) is 10.4. The van der Waals surface area contributed by atoms with Crippen LogP contribution in [0.15, 0.2) is 18.2 Å². The lowest BCUT2D eigenvalue weighted by Crippen LogP contribution is -2.27. The molecule has 19 heavy (non-hydrogen) atoms. The van der Waals surface area contributed by atoms with Gasteiger partial charge in [0.15, 0.2) is 0 Å². The Morgan fingerprint density at radius 2 is 2.11 bits per heavy atom. The molecule has 1 aromatic rings. The number of hydrogen-bond acceptors (Lipinski definition) is 3. The highest BCUT2D eigenvalue weighted by molar-refractivity contribution is 6.31. The monoisotopic (exact) mass is 282 g/mol. The molecule has 102 valence electrons. The average Bonchev–Trinajstić information content (AvgIpc) is 2.74. The number of rotatable bonds is 3. The number of aromatic carboxylic acids is 1. The Balaban J connectivity index is 2.14. The predicted octanol–water partition coefficient (Wildman–Crippen LogP) is 1.83. The van der Waals surface area contributed by atoms with Crippen LogP contribution in [0.4, 0.5) is 5.69 Å². The van der Waals surface area contributed by atoms with Gasteiger partial charge in [0.05, 0.1) is 11.5 Å². The van der Waals surface area contributed by atoms with Crippen LogP contribution in [0, 0.1) is 11.8 Å². The summed E-state index contributed by atoms with van der Waals surface area (Å²) in [4.78, 5) is 23.0. The van der Waals surface area contributed by atoms with Crippen molar-refractivity contribution in [3.05, 3.63) is 28.8 Å². The molecule has 0 bridgehead atoms. The normalized spacial score (nSPS) is 22.2. The first kappa shape index (κ1) is 13.8. The molecule has 1 aromatic carbocycles. The van der Waals surface area contributed by atoms with E-state index < -0.39 is 5.97 Å². The second kappa shape index (κ2) is 5.59. The summed E-state index contributed by atoms with van der Waals surface area (Å²) >= 11 is 5.84. The van der Waals surface area contributed by atoms with Crippen molar-refractivity contribution < 1.29 is 14.7 Å². The second-order valence-electron chi connectivity index (χ2n) is 4.77. The summed E-state index contributed by atoms with van der Waals surface area (Å²) in [6.45, 7) is 3.46. The van der Waals surface area contributed by atoms with E-state index in [0.29, 0.717) is 12.2 Å². The van der Waals surface area contributed by atoms with Crippen molar-refractivity contribution in [3.8, 4) is 0 Å². The van der Waals surface area contributed by atoms with Crippen molar-refractivity contribution in [1.82, 2.24) is 5.32 Å². The summed E-state index contributed by atoms with van der Waals surface area (Å²) in [5.74, 6) is -1.03. The van der Waals surface area contributed by atoms with E-state index >= 15 is 0 Å². The maximum absolute atomic E-state index is 12.1. The fraction of sp³-hybridized carbons (Fsp3) is 0.385. The lowest BCUT2D eigenvalue weighted by atomic mass is 9.97. The number of carboxylic acid groups (broad SMARTS) is 1. The topological polar surface area (TPSA) is 78.4 Å². The molecule has 1 amide bonds. The highest BCUT2D eigenvalue weighted by Gasteiger charge is 2.29. The Labute approximate surface area is 116 Å².